The van der Waals surface area contributed by atoms with Gasteiger partial charge >= 0.3 is 5.63 Å². The first kappa shape index (κ1) is 18.4. The number of ether oxygens (including phenoxy) is 5. The Kier molecular flexibility index (Phi) is 4.48. The second kappa shape index (κ2) is 6.57. The maximum absolute atomic E-state index is 11.4. The smallest absolute Gasteiger partial charge is 0.336 e. The molecule has 1 aromatic carbocycles. The number of aliphatic hydroxyl groups excluding tert-OH is 1. The van der Waals surface area contributed by atoms with Crippen LogP contribution in [0, 0.1) is 0 Å². The van der Waals surface area contributed by atoms with Crippen LogP contribution < -0.4 is 10.4 Å². The van der Waals surface area contributed by atoms with Crippen molar-refractivity contribution in [2.45, 2.75) is 43.7 Å². The number of methoxy groups -OCH3 is 1. The van der Waals surface area contributed by atoms with Crippen LogP contribution in [0.1, 0.15) is 13.8 Å². The Bertz CT molecular complexity index is 891. The van der Waals surface area contributed by atoms with E-state index in [0.29, 0.717) is 11.3 Å². The molecule has 8 nitrogen and oxygen atoms in total. The molecule has 1 N–H and O–H groups in total. The third-order valence-electron chi connectivity index (χ3n) is 4.86. The minimum absolute atomic E-state index is 0.0646. The Balaban J connectivity index is 1.49. The topological polar surface area (TPSA) is 96.6 Å². The van der Waals surface area contributed by atoms with Crippen LogP contribution in [0.15, 0.2) is 39.5 Å². The molecule has 0 saturated carbocycles. The zero-order valence-corrected chi connectivity index (χ0v) is 15.3. The van der Waals surface area contributed by atoms with Crippen LogP contribution in [0.5, 0.6) is 5.75 Å². The first-order valence-corrected chi connectivity index (χ1v) is 8.71. The number of benzene rings is 1. The average molecular weight is 378 g/mol. The van der Waals surface area contributed by atoms with Gasteiger partial charge in [0.15, 0.2) is 5.79 Å². The lowest BCUT2D eigenvalue weighted by Crippen LogP contribution is -2.59. The fourth-order valence-electron chi connectivity index (χ4n) is 3.40. The van der Waals surface area contributed by atoms with Crippen LogP contribution in [-0.2, 0) is 18.9 Å². The highest BCUT2D eigenvalue weighted by molar-refractivity contribution is 5.77. The molecule has 8 heteroatoms. The second-order valence-electron chi connectivity index (χ2n) is 7.15. The first-order valence-electron chi connectivity index (χ1n) is 8.71. The van der Waals surface area contributed by atoms with E-state index >= 15 is 0 Å². The number of rotatable bonds is 4. The highest BCUT2D eigenvalue weighted by atomic mass is 16.8. The molecular weight excluding hydrogens is 356 g/mol. The summed E-state index contributed by atoms with van der Waals surface area (Å²) >= 11 is 0. The van der Waals surface area contributed by atoms with Gasteiger partial charge in [-0.2, -0.15) is 0 Å². The lowest BCUT2D eigenvalue weighted by Gasteiger charge is -2.44. The number of hydrogen-bond donors (Lipinski definition) is 1. The first-order chi connectivity index (χ1) is 12.8. The summed E-state index contributed by atoms with van der Waals surface area (Å²) in [5, 5.41) is 11.5. The zero-order valence-electron chi connectivity index (χ0n) is 15.3. The van der Waals surface area contributed by atoms with E-state index in [2.05, 4.69) is 0 Å². The third-order valence-corrected chi connectivity index (χ3v) is 4.86. The molecule has 2 saturated heterocycles. The molecule has 0 bridgehead atoms. The van der Waals surface area contributed by atoms with Gasteiger partial charge in [0.05, 0.1) is 0 Å². The van der Waals surface area contributed by atoms with Gasteiger partial charge in [0.2, 0.25) is 5.79 Å². The van der Waals surface area contributed by atoms with Gasteiger partial charge in [-0.1, -0.05) is 0 Å². The van der Waals surface area contributed by atoms with Crippen molar-refractivity contribution >= 4 is 11.0 Å². The van der Waals surface area contributed by atoms with Crippen molar-refractivity contribution in [1.82, 2.24) is 0 Å². The summed E-state index contributed by atoms with van der Waals surface area (Å²) < 4.78 is 33.8. The number of fused-ring (bicyclic) bond motifs is 2. The van der Waals surface area contributed by atoms with Crippen molar-refractivity contribution in [1.29, 1.82) is 0 Å². The summed E-state index contributed by atoms with van der Waals surface area (Å²) in [5.74, 6) is -1.53. The van der Waals surface area contributed by atoms with E-state index in [1.165, 1.54) is 13.2 Å². The zero-order chi connectivity index (χ0) is 19.2. The van der Waals surface area contributed by atoms with Gasteiger partial charge in [0.25, 0.3) is 0 Å². The lowest BCUT2D eigenvalue weighted by atomic mass is 10.0. The summed E-state index contributed by atoms with van der Waals surface area (Å²) in [4.78, 5) is 11.4. The van der Waals surface area contributed by atoms with Crippen LogP contribution in [-0.4, -0.2) is 55.3 Å². The molecule has 2 aliphatic heterocycles. The normalized spacial score (nSPS) is 32.4. The third kappa shape index (κ3) is 3.35. The van der Waals surface area contributed by atoms with Crippen LogP contribution >= 0.6 is 0 Å². The second-order valence-corrected chi connectivity index (χ2v) is 7.15. The van der Waals surface area contributed by atoms with Gasteiger partial charge in [-0.05, 0) is 32.0 Å². The van der Waals surface area contributed by atoms with Gasteiger partial charge in [0, 0.05) is 24.6 Å². The maximum Gasteiger partial charge on any atom is 0.336 e. The molecule has 2 fully saturated rings. The van der Waals surface area contributed by atoms with Gasteiger partial charge in [-0.15, -0.1) is 0 Å². The minimum atomic E-state index is -1.18. The van der Waals surface area contributed by atoms with E-state index in [1.807, 2.05) is 0 Å². The van der Waals surface area contributed by atoms with Crippen LogP contribution in [0.4, 0.5) is 0 Å². The number of aliphatic hydroxyl groups is 1. The van der Waals surface area contributed by atoms with Gasteiger partial charge in [0.1, 0.15) is 42.9 Å². The van der Waals surface area contributed by atoms with Crippen molar-refractivity contribution in [3.05, 3.63) is 40.8 Å². The highest BCUT2D eigenvalue weighted by Crippen LogP contribution is 2.41. The summed E-state index contributed by atoms with van der Waals surface area (Å²) in [7, 11) is 1.49. The van der Waals surface area contributed by atoms with Gasteiger partial charge < -0.3 is 33.2 Å². The molecule has 0 unspecified atom stereocenters. The van der Waals surface area contributed by atoms with Crippen molar-refractivity contribution in [2.24, 2.45) is 0 Å². The predicted octanol–water partition coefficient (Wildman–Crippen LogP) is 1.43. The molecule has 4 atom stereocenters. The van der Waals surface area contributed by atoms with Crippen molar-refractivity contribution in [2.75, 3.05) is 20.3 Å². The Hall–Kier alpha value is -1.97. The summed E-state index contributed by atoms with van der Waals surface area (Å²) in [6, 6.07) is 8.21. The molecule has 27 heavy (non-hydrogen) atoms. The van der Waals surface area contributed by atoms with E-state index in [1.54, 1.807) is 38.1 Å². The molecule has 1 aromatic heterocycles. The van der Waals surface area contributed by atoms with E-state index in [0.717, 1.165) is 5.39 Å². The molecular formula is C19H22O8. The SMILES string of the molecule is CO[C@]12COC(C)(C)O[C@H]1[C@H](O)[C@@H](COc1ccc3ccc(=O)oc3c1)O2. The largest absolute Gasteiger partial charge is 0.491 e. The van der Waals surface area contributed by atoms with Gasteiger partial charge in [-0.3, -0.25) is 0 Å². The Morgan fingerprint density at radius 1 is 1.22 bits per heavy atom. The minimum Gasteiger partial charge on any atom is -0.491 e. The molecule has 4 rings (SSSR count). The molecule has 146 valence electrons. The molecule has 2 aromatic rings. The van der Waals surface area contributed by atoms with E-state index < -0.39 is 35.5 Å². The summed E-state index contributed by atoms with van der Waals surface area (Å²) in [5.41, 5.74) is -0.00604. The maximum atomic E-state index is 11.4. The quantitative estimate of drug-likeness (QED) is 0.798. The molecule has 2 aliphatic rings. The standard InChI is InChI=1S/C19H22O8/c1-18(2)24-10-19(22-3)17(27-18)16(21)14(26-19)9-23-12-6-4-11-5-7-15(20)25-13(11)8-12/h4-8,14,16-17,21H,9-10H2,1-3H3/t14-,16-,17+,19+/m1/s1. The molecule has 0 spiro atoms. The fourth-order valence-corrected chi connectivity index (χ4v) is 3.40. The molecule has 0 aliphatic carbocycles. The lowest BCUT2D eigenvalue weighted by molar-refractivity contribution is -0.384. The van der Waals surface area contributed by atoms with Crippen LogP contribution in [0.3, 0.4) is 0 Å². The van der Waals surface area contributed by atoms with Crippen LogP contribution in [0.25, 0.3) is 11.0 Å². The van der Waals surface area contributed by atoms with E-state index in [4.69, 9.17) is 28.1 Å². The number of hydrogen-bond acceptors (Lipinski definition) is 8. The Morgan fingerprint density at radius 2 is 2.00 bits per heavy atom. The highest BCUT2D eigenvalue weighted by Gasteiger charge is 2.61. The summed E-state index contributed by atoms with van der Waals surface area (Å²) in [6.07, 6.45) is -2.33. The fraction of sp³-hybridized carbons (Fsp3) is 0.526. The molecule has 3 heterocycles. The van der Waals surface area contributed by atoms with E-state index in [-0.39, 0.29) is 13.2 Å². The average Bonchev–Trinajstić information content (AvgIpc) is 2.91. The van der Waals surface area contributed by atoms with Crippen molar-refractivity contribution < 1.29 is 33.2 Å². The predicted molar refractivity (Wildman–Crippen MR) is 93.5 cm³/mol. The monoisotopic (exact) mass is 378 g/mol. The summed E-state index contributed by atoms with van der Waals surface area (Å²) in [6.45, 7) is 3.74. The molecule has 0 amide bonds. The van der Waals surface area contributed by atoms with Crippen LogP contribution in [0.2, 0.25) is 0 Å². The van der Waals surface area contributed by atoms with Crippen molar-refractivity contribution in [3.8, 4) is 5.75 Å². The molecule has 0 radical (unpaired) electrons. The van der Waals surface area contributed by atoms with Crippen molar-refractivity contribution in [3.63, 3.8) is 0 Å². The Morgan fingerprint density at radius 3 is 2.78 bits per heavy atom. The van der Waals surface area contributed by atoms with E-state index in [9.17, 15) is 9.90 Å². The van der Waals surface area contributed by atoms with Gasteiger partial charge in [-0.25, -0.2) is 4.79 Å². The Labute approximate surface area is 155 Å².